The predicted molar refractivity (Wildman–Crippen MR) is 57.4 cm³/mol. The molecule has 1 aromatic rings. The van der Waals surface area contributed by atoms with Gasteiger partial charge in [-0.15, -0.1) is 0 Å². The Morgan fingerprint density at radius 1 is 1.40 bits per heavy atom. The van der Waals surface area contributed by atoms with Crippen LogP contribution < -0.4 is 4.74 Å². The summed E-state index contributed by atoms with van der Waals surface area (Å²) in [6.45, 7) is 5.47. The normalized spacial score (nSPS) is 14.7. The molecule has 1 rings (SSSR count). The highest BCUT2D eigenvalue weighted by Crippen LogP contribution is 2.23. The zero-order valence-corrected chi connectivity index (χ0v) is 9.33. The first-order valence-corrected chi connectivity index (χ1v) is 5.18. The molecule has 0 radical (unpaired) electrons. The van der Waals surface area contributed by atoms with E-state index < -0.39 is 11.9 Å². The number of aliphatic hydroxyl groups is 1. The molecular formula is C12H17FO2. The molecular weight excluding hydrogens is 195 g/mol. The van der Waals surface area contributed by atoms with Gasteiger partial charge in [0.1, 0.15) is 0 Å². The van der Waals surface area contributed by atoms with Crippen molar-refractivity contribution in [2.24, 2.45) is 0 Å². The first-order chi connectivity index (χ1) is 7.04. The summed E-state index contributed by atoms with van der Waals surface area (Å²) in [7, 11) is 0. The van der Waals surface area contributed by atoms with Crippen LogP contribution in [0.1, 0.15) is 38.9 Å². The Balaban J connectivity index is 2.83. The first kappa shape index (κ1) is 12.0. The van der Waals surface area contributed by atoms with E-state index in [4.69, 9.17) is 4.74 Å². The smallest absolute Gasteiger partial charge is 0.165 e. The summed E-state index contributed by atoms with van der Waals surface area (Å²) < 4.78 is 18.8. The second kappa shape index (κ2) is 5.12. The molecule has 1 unspecified atom stereocenters. The Bertz CT molecular complexity index is 323. The number of rotatable bonds is 4. The summed E-state index contributed by atoms with van der Waals surface area (Å²) in [5.74, 6) is -0.178. The van der Waals surface area contributed by atoms with Crippen LogP contribution in [0.25, 0.3) is 0 Å². The van der Waals surface area contributed by atoms with Crippen LogP contribution >= 0.6 is 0 Å². The topological polar surface area (TPSA) is 29.5 Å². The number of benzene rings is 1. The highest BCUT2D eigenvalue weighted by molar-refractivity contribution is 5.30. The van der Waals surface area contributed by atoms with Crippen LogP contribution in [0.2, 0.25) is 0 Å². The van der Waals surface area contributed by atoms with E-state index in [2.05, 4.69) is 0 Å². The van der Waals surface area contributed by atoms with Gasteiger partial charge in [0.2, 0.25) is 0 Å². The average Bonchev–Trinajstić information content (AvgIpc) is 2.20. The molecule has 15 heavy (non-hydrogen) atoms. The minimum absolute atomic E-state index is 0.00287. The minimum atomic E-state index is -0.655. The summed E-state index contributed by atoms with van der Waals surface area (Å²) in [5.41, 5.74) is 0.559. The summed E-state index contributed by atoms with van der Waals surface area (Å²) in [6.07, 6.45) is 0.173. The summed E-state index contributed by atoms with van der Waals surface area (Å²) >= 11 is 0. The lowest BCUT2D eigenvalue weighted by molar-refractivity contribution is 0.195. The van der Waals surface area contributed by atoms with Crippen molar-refractivity contribution < 1.29 is 14.2 Å². The Labute approximate surface area is 89.7 Å². The summed E-state index contributed by atoms with van der Waals surface area (Å²) in [4.78, 5) is 0. The molecule has 0 aliphatic rings. The lowest BCUT2D eigenvalue weighted by Gasteiger charge is -2.14. The number of halogens is 1. The Hall–Kier alpha value is -1.09. The van der Waals surface area contributed by atoms with Gasteiger partial charge in [-0.3, -0.25) is 0 Å². The monoisotopic (exact) mass is 212 g/mol. The molecule has 0 saturated heterocycles. The summed E-state index contributed by atoms with van der Waals surface area (Å²) in [6, 6.07) is 4.54. The van der Waals surface area contributed by atoms with Gasteiger partial charge in [0, 0.05) is 0 Å². The largest absolute Gasteiger partial charge is 0.488 e. The first-order valence-electron chi connectivity index (χ1n) is 5.18. The van der Waals surface area contributed by atoms with Crippen LogP contribution in [-0.2, 0) is 0 Å². The van der Waals surface area contributed by atoms with E-state index in [9.17, 15) is 9.50 Å². The lowest BCUT2D eigenvalue weighted by Crippen LogP contribution is -2.11. The molecule has 3 heteroatoms. The second-order valence-corrected chi connectivity index (χ2v) is 3.70. The molecule has 0 aliphatic carbocycles. The third-order valence-electron chi connectivity index (χ3n) is 2.34. The van der Waals surface area contributed by atoms with Crippen molar-refractivity contribution in [1.82, 2.24) is 0 Å². The van der Waals surface area contributed by atoms with E-state index in [-0.39, 0.29) is 11.9 Å². The Morgan fingerprint density at radius 2 is 2.07 bits per heavy atom. The molecule has 1 aromatic carbocycles. The van der Waals surface area contributed by atoms with Crippen molar-refractivity contribution in [1.29, 1.82) is 0 Å². The van der Waals surface area contributed by atoms with Crippen molar-refractivity contribution >= 4 is 0 Å². The lowest BCUT2D eigenvalue weighted by atomic mass is 10.1. The average molecular weight is 212 g/mol. The predicted octanol–water partition coefficient (Wildman–Crippen LogP) is 3.06. The van der Waals surface area contributed by atoms with Crippen LogP contribution in [0.4, 0.5) is 4.39 Å². The molecule has 2 atom stereocenters. The molecule has 0 spiro atoms. The quantitative estimate of drug-likeness (QED) is 0.831. The maximum Gasteiger partial charge on any atom is 0.165 e. The van der Waals surface area contributed by atoms with E-state index >= 15 is 0 Å². The van der Waals surface area contributed by atoms with Crippen LogP contribution in [0.3, 0.4) is 0 Å². The Kier molecular flexibility index (Phi) is 4.09. The van der Waals surface area contributed by atoms with Crippen molar-refractivity contribution in [3.05, 3.63) is 29.6 Å². The number of ether oxygens (including phenoxy) is 1. The van der Waals surface area contributed by atoms with E-state index in [0.717, 1.165) is 6.42 Å². The molecule has 0 bridgehead atoms. The van der Waals surface area contributed by atoms with Crippen molar-refractivity contribution in [3.8, 4) is 5.75 Å². The standard InChI is InChI=1S/C12H17FO2/c1-4-8(2)15-12-6-5-10(9(3)14)7-11(12)13/h5-9,14H,4H2,1-3H3/t8?,9-/m1/s1. The molecule has 0 heterocycles. The molecule has 0 aromatic heterocycles. The second-order valence-electron chi connectivity index (χ2n) is 3.70. The van der Waals surface area contributed by atoms with Crippen LogP contribution in [0.15, 0.2) is 18.2 Å². The molecule has 0 saturated carbocycles. The highest BCUT2D eigenvalue weighted by atomic mass is 19.1. The maximum absolute atomic E-state index is 13.5. The third-order valence-corrected chi connectivity index (χ3v) is 2.34. The Morgan fingerprint density at radius 3 is 2.53 bits per heavy atom. The van der Waals surface area contributed by atoms with E-state index in [0.29, 0.717) is 5.56 Å². The van der Waals surface area contributed by atoms with Gasteiger partial charge in [-0.2, -0.15) is 0 Å². The zero-order valence-electron chi connectivity index (χ0n) is 9.33. The van der Waals surface area contributed by atoms with Gasteiger partial charge in [-0.05, 0) is 38.0 Å². The fourth-order valence-corrected chi connectivity index (χ4v) is 1.17. The van der Waals surface area contributed by atoms with Gasteiger partial charge in [0.25, 0.3) is 0 Å². The summed E-state index contributed by atoms with van der Waals surface area (Å²) in [5, 5.41) is 9.26. The maximum atomic E-state index is 13.5. The fourth-order valence-electron chi connectivity index (χ4n) is 1.17. The van der Waals surface area contributed by atoms with Gasteiger partial charge in [-0.25, -0.2) is 4.39 Å². The molecule has 0 amide bonds. The number of hydrogen-bond donors (Lipinski definition) is 1. The van der Waals surface area contributed by atoms with Gasteiger partial charge in [0.15, 0.2) is 11.6 Å². The molecule has 84 valence electrons. The SMILES string of the molecule is CCC(C)Oc1ccc([C@@H](C)O)cc1F. The van der Waals surface area contributed by atoms with Gasteiger partial charge < -0.3 is 9.84 Å². The van der Waals surface area contributed by atoms with Crippen molar-refractivity contribution in [3.63, 3.8) is 0 Å². The van der Waals surface area contributed by atoms with Gasteiger partial charge in [0.05, 0.1) is 12.2 Å². The number of aliphatic hydroxyl groups excluding tert-OH is 1. The van der Waals surface area contributed by atoms with E-state index in [1.54, 1.807) is 19.1 Å². The van der Waals surface area contributed by atoms with Gasteiger partial charge in [-0.1, -0.05) is 13.0 Å². The van der Waals surface area contributed by atoms with Crippen LogP contribution in [-0.4, -0.2) is 11.2 Å². The van der Waals surface area contributed by atoms with Crippen molar-refractivity contribution in [2.75, 3.05) is 0 Å². The zero-order chi connectivity index (χ0) is 11.4. The number of hydrogen-bond acceptors (Lipinski definition) is 2. The minimum Gasteiger partial charge on any atom is -0.488 e. The van der Waals surface area contributed by atoms with E-state index in [1.165, 1.54) is 6.07 Å². The van der Waals surface area contributed by atoms with Gasteiger partial charge >= 0.3 is 0 Å². The molecule has 0 aliphatic heterocycles. The highest BCUT2D eigenvalue weighted by Gasteiger charge is 2.09. The van der Waals surface area contributed by atoms with Crippen LogP contribution in [0.5, 0.6) is 5.75 Å². The van der Waals surface area contributed by atoms with Crippen LogP contribution in [0, 0.1) is 5.82 Å². The van der Waals surface area contributed by atoms with E-state index in [1.807, 2.05) is 13.8 Å². The molecule has 0 fully saturated rings. The molecule has 2 nitrogen and oxygen atoms in total. The third kappa shape index (κ3) is 3.20. The fraction of sp³-hybridized carbons (Fsp3) is 0.500. The molecule has 1 N–H and O–H groups in total. The van der Waals surface area contributed by atoms with Crippen molar-refractivity contribution in [2.45, 2.75) is 39.4 Å².